The van der Waals surface area contributed by atoms with Gasteiger partial charge in [-0.1, -0.05) is 58.7 Å². The molecule has 0 aromatic carbocycles. The van der Waals surface area contributed by atoms with Crippen LogP contribution in [0.15, 0.2) is 69.9 Å². The molecule has 2 heteroatoms. The van der Waals surface area contributed by atoms with Crippen LogP contribution in [0.1, 0.15) is 106 Å². The van der Waals surface area contributed by atoms with E-state index in [2.05, 4.69) is 65.8 Å². The lowest BCUT2D eigenvalue weighted by Gasteiger charge is -2.02. The molecule has 0 amide bonds. The van der Waals surface area contributed by atoms with Crippen molar-refractivity contribution in [2.24, 2.45) is 0 Å². The molecule has 0 N–H and O–H groups in total. The molecule has 178 valence electrons. The fourth-order valence-electron chi connectivity index (χ4n) is 3.31. The Kier molecular flexibility index (Phi) is 18.1. The van der Waals surface area contributed by atoms with Gasteiger partial charge in [0.2, 0.25) is 0 Å². The molecule has 0 aliphatic carbocycles. The molecule has 0 aromatic rings. The molecule has 0 atom stereocenters. The first-order valence-corrected chi connectivity index (χ1v) is 12.1. The lowest BCUT2D eigenvalue weighted by Crippen LogP contribution is -1.88. The van der Waals surface area contributed by atoms with Gasteiger partial charge in [0.15, 0.2) is 0 Å². The van der Waals surface area contributed by atoms with Crippen LogP contribution < -0.4 is 0 Å². The number of hydrogen-bond acceptors (Lipinski definition) is 2. The Morgan fingerprint density at radius 2 is 0.781 bits per heavy atom. The fourth-order valence-corrected chi connectivity index (χ4v) is 3.31. The van der Waals surface area contributed by atoms with Gasteiger partial charge in [-0.2, -0.15) is 0 Å². The van der Waals surface area contributed by atoms with E-state index in [4.69, 9.17) is 0 Å². The van der Waals surface area contributed by atoms with E-state index in [-0.39, 0.29) is 0 Å². The molecular formula is C30H46O2. The SMILES string of the molecule is CC(C)=CCC/C(C)=C/CC/C(C=O)=C/CC/C=C(\C=O)CC/C=C(\C)CCC=C(C)C. The van der Waals surface area contributed by atoms with E-state index in [1.165, 1.54) is 22.3 Å². The Balaban J connectivity index is 4.38. The zero-order chi connectivity index (χ0) is 24.2. The van der Waals surface area contributed by atoms with Crippen molar-refractivity contribution in [3.05, 3.63) is 69.9 Å². The minimum atomic E-state index is 0.782. The van der Waals surface area contributed by atoms with Crippen LogP contribution in [0.3, 0.4) is 0 Å². The molecule has 0 unspecified atom stereocenters. The molecule has 0 saturated heterocycles. The Labute approximate surface area is 198 Å². The molecule has 0 radical (unpaired) electrons. The second-order valence-corrected chi connectivity index (χ2v) is 9.19. The largest absolute Gasteiger partial charge is 0.298 e. The first kappa shape index (κ1) is 29.8. The van der Waals surface area contributed by atoms with Crippen molar-refractivity contribution in [1.82, 2.24) is 0 Å². The van der Waals surface area contributed by atoms with E-state index in [9.17, 15) is 9.59 Å². The fraction of sp³-hybridized carbons (Fsp3) is 0.533. The van der Waals surface area contributed by atoms with Crippen molar-refractivity contribution in [2.45, 2.75) is 106 Å². The van der Waals surface area contributed by atoms with Crippen molar-refractivity contribution < 1.29 is 9.59 Å². The molecule has 0 heterocycles. The van der Waals surface area contributed by atoms with Gasteiger partial charge in [0, 0.05) is 0 Å². The standard InChI is InChI=1S/C30H46O2/c1-25(2)13-9-15-27(5)17-11-21-29(23-31)19-7-8-20-30(24-32)22-12-18-28(6)16-10-14-26(3)4/h13-14,17-20,23-24H,7-12,15-16,21-22H2,1-6H3/b27-17+,28-18+,29-19-,30-20-. The highest BCUT2D eigenvalue weighted by Gasteiger charge is 1.98. The minimum absolute atomic E-state index is 0.782. The summed E-state index contributed by atoms with van der Waals surface area (Å²) in [5, 5.41) is 0. The highest BCUT2D eigenvalue weighted by molar-refractivity contribution is 5.73. The normalized spacial score (nSPS) is 13.1. The summed E-state index contributed by atoms with van der Waals surface area (Å²) in [6.45, 7) is 12.8. The van der Waals surface area contributed by atoms with Crippen LogP contribution in [0, 0.1) is 0 Å². The summed E-state index contributed by atoms with van der Waals surface area (Å²) in [4.78, 5) is 22.7. The molecule has 0 spiro atoms. The van der Waals surface area contributed by atoms with Gasteiger partial charge in [0.05, 0.1) is 0 Å². The van der Waals surface area contributed by atoms with E-state index in [1.54, 1.807) is 0 Å². The predicted molar refractivity (Wildman–Crippen MR) is 141 cm³/mol. The Bertz CT molecular complexity index is 667. The lowest BCUT2D eigenvalue weighted by molar-refractivity contribution is -0.105. The van der Waals surface area contributed by atoms with Crippen LogP contribution in [0.4, 0.5) is 0 Å². The number of rotatable bonds is 17. The van der Waals surface area contributed by atoms with E-state index in [0.717, 1.165) is 87.9 Å². The number of aldehydes is 2. The topological polar surface area (TPSA) is 34.1 Å². The van der Waals surface area contributed by atoms with Crippen molar-refractivity contribution >= 4 is 12.6 Å². The van der Waals surface area contributed by atoms with Gasteiger partial charge in [0.1, 0.15) is 12.6 Å². The summed E-state index contributed by atoms with van der Waals surface area (Å²) >= 11 is 0. The molecule has 0 aliphatic heterocycles. The average Bonchev–Trinajstić information content (AvgIpc) is 2.73. The second-order valence-electron chi connectivity index (χ2n) is 9.19. The third-order valence-corrected chi connectivity index (χ3v) is 5.32. The number of unbranched alkanes of at least 4 members (excludes halogenated alkanes) is 1. The van der Waals surface area contributed by atoms with E-state index >= 15 is 0 Å². The van der Waals surface area contributed by atoms with Crippen molar-refractivity contribution in [3.8, 4) is 0 Å². The summed E-state index contributed by atoms with van der Waals surface area (Å²) < 4.78 is 0. The first-order chi connectivity index (χ1) is 15.3. The van der Waals surface area contributed by atoms with Gasteiger partial charge in [-0.15, -0.1) is 0 Å². The van der Waals surface area contributed by atoms with Crippen molar-refractivity contribution in [1.29, 1.82) is 0 Å². The number of carbonyl (C=O) groups is 2. The molecule has 32 heavy (non-hydrogen) atoms. The smallest absolute Gasteiger partial charge is 0.145 e. The zero-order valence-corrected chi connectivity index (χ0v) is 21.5. The Hall–Kier alpha value is -2.22. The average molecular weight is 439 g/mol. The van der Waals surface area contributed by atoms with Crippen LogP contribution in [0.25, 0.3) is 0 Å². The highest BCUT2D eigenvalue weighted by atomic mass is 16.1. The summed E-state index contributed by atoms with van der Waals surface area (Å²) in [5.41, 5.74) is 7.19. The van der Waals surface area contributed by atoms with Crippen molar-refractivity contribution in [2.75, 3.05) is 0 Å². The molecule has 2 nitrogen and oxygen atoms in total. The Morgan fingerprint density at radius 1 is 0.438 bits per heavy atom. The summed E-state index contributed by atoms with van der Waals surface area (Å²) in [6, 6.07) is 0. The van der Waals surface area contributed by atoms with Gasteiger partial charge >= 0.3 is 0 Å². The van der Waals surface area contributed by atoms with E-state index < -0.39 is 0 Å². The van der Waals surface area contributed by atoms with Gasteiger partial charge in [-0.25, -0.2) is 0 Å². The van der Waals surface area contributed by atoms with Crippen molar-refractivity contribution in [3.63, 3.8) is 0 Å². The molecular weight excluding hydrogens is 392 g/mol. The van der Waals surface area contributed by atoms with Crippen LogP contribution in [-0.2, 0) is 9.59 Å². The van der Waals surface area contributed by atoms with Gasteiger partial charge in [0.25, 0.3) is 0 Å². The summed E-state index contributed by atoms with van der Waals surface area (Å²) in [7, 11) is 0. The number of hydrogen-bond donors (Lipinski definition) is 0. The highest BCUT2D eigenvalue weighted by Crippen LogP contribution is 2.14. The maximum absolute atomic E-state index is 11.4. The maximum Gasteiger partial charge on any atom is 0.145 e. The Morgan fingerprint density at radius 3 is 1.09 bits per heavy atom. The molecule has 0 aromatic heterocycles. The second kappa shape index (κ2) is 19.5. The minimum Gasteiger partial charge on any atom is -0.298 e. The molecule has 0 saturated carbocycles. The maximum atomic E-state index is 11.4. The quantitative estimate of drug-likeness (QED) is 0.0982. The van der Waals surface area contributed by atoms with Crippen LogP contribution >= 0.6 is 0 Å². The molecule has 0 rings (SSSR count). The van der Waals surface area contributed by atoms with Gasteiger partial charge in [-0.05, 0) is 117 Å². The third kappa shape index (κ3) is 18.5. The molecule has 0 bridgehead atoms. The van der Waals surface area contributed by atoms with Crippen LogP contribution in [-0.4, -0.2) is 12.6 Å². The molecule has 0 fully saturated rings. The third-order valence-electron chi connectivity index (χ3n) is 5.32. The van der Waals surface area contributed by atoms with Gasteiger partial charge < -0.3 is 0 Å². The van der Waals surface area contributed by atoms with E-state index in [0.29, 0.717) is 0 Å². The van der Waals surface area contributed by atoms with Crippen LogP contribution in [0.2, 0.25) is 0 Å². The summed E-state index contributed by atoms with van der Waals surface area (Å²) in [6.07, 6.45) is 24.3. The van der Waals surface area contributed by atoms with Crippen LogP contribution in [0.5, 0.6) is 0 Å². The van der Waals surface area contributed by atoms with E-state index in [1.807, 2.05) is 12.2 Å². The molecule has 0 aliphatic rings. The lowest BCUT2D eigenvalue weighted by atomic mass is 10.0. The predicted octanol–water partition coefficient (Wildman–Crippen LogP) is 8.96. The zero-order valence-electron chi connectivity index (χ0n) is 21.5. The first-order valence-electron chi connectivity index (χ1n) is 12.1. The van der Waals surface area contributed by atoms with Gasteiger partial charge in [-0.3, -0.25) is 9.59 Å². The monoisotopic (exact) mass is 438 g/mol. The number of carbonyl (C=O) groups excluding carboxylic acids is 2. The summed E-state index contributed by atoms with van der Waals surface area (Å²) in [5.74, 6) is 0. The number of allylic oxidation sites excluding steroid dienone is 12.